The molecule has 9 heteroatoms. The number of aryl methyl sites for hydroxylation is 1. The Morgan fingerprint density at radius 2 is 2.06 bits per heavy atom. The van der Waals surface area contributed by atoms with Crippen molar-refractivity contribution in [1.29, 1.82) is 0 Å². The minimum atomic E-state index is -1.43. The Hall–Kier alpha value is -2.45. The Kier molecular flexibility index (Phi) is 4.78. The van der Waals surface area contributed by atoms with Crippen LogP contribution in [0, 0.1) is 0 Å². The Bertz CT molecular complexity index is 430. The van der Waals surface area contributed by atoms with E-state index in [-0.39, 0.29) is 13.0 Å². The summed E-state index contributed by atoms with van der Waals surface area (Å²) in [4.78, 5) is 36.2. The van der Waals surface area contributed by atoms with Crippen molar-refractivity contribution in [3.8, 4) is 0 Å². The summed E-state index contributed by atoms with van der Waals surface area (Å²) in [5.74, 6) is -3.23. The van der Waals surface area contributed by atoms with Crippen molar-refractivity contribution in [1.82, 2.24) is 20.1 Å². The number of amides is 1. The van der Waals surface area contributed by atoms with Crippen LogP contribution in [0.4, 0.5) is 0 Å². The van der Waals surface area contributed by atoms with Gasteiger partial charge in [0, 0.05) is 6.42 Å². The fraction of sp³-hybridized carbons (Fsp3) is 0.444. The highest BCUT2D eigenvalue weighted by Crippen LogP contribution is 1.95. The van der Waals surface area contributed by atoms with Gasteiger partial charge in [-0.25, -0.2) is 9.78 Å². The fourth-order valence-corrected chi connectivity index (χ4v) is 1.21. The van der Waals surface area contributed by atoms with Crippen molar-refractivity contribution in [2.45, 2.75) is 25.4 Å². The van der Waals surface area contributed by atoms with Crippen molar-refractivity contribution < 1.29 is 24.6 Å². The van der Waals surface area contributed by atoms with E-state index in [1.165, 1.54) is 17.3 Å². The van der Waals surface area contributed by atoms with Crippen LogP contribution >= 0.6 is 0 Å². The summed E-state index contributed by atoms with van der Waals surface area (Å²) in [6.07, 6.45) is 2.05. The van der Waals surface area contributed by atoms with E-state index in [9.17, 15) is 14.4 Å². The molecule has 0 aliphatic carbocycles. The number of aromatic nitrogens is 3. The normalized spacial score (nSPS) is 11.8. The van der Waals surface area contributed by atoms with Crippen LogP contribution in [0.5, 0.6) is 0 Å². The fourth-order valence-electron chi connectivity index (χ4n) is 1.21. The van der Waals surface area contributed by atoms with Gasteiger partial charge in [-0.3, -0.25) is 14.3 Å². The molecule has 98 valence electrons. The van der Waals surface area contributed by atoms with Gasteiger partial charge in [0.1, 0.15) is 18.7 Å². The highest BCUT2D eigenvalue weighted by molar-refractivity contribution is 5.86. The van der Waals surface area contributed by atoms with E-state index in [0.29, 0.717) is 0 Å². The lowest BCUT2D eigenvalue weighted by Crippen LogP contribution is -2.42. The number of rotatable bonds is 7. The predicted octanol–water partition coefficient (Wildman–Crippen LogP) is -1.29. The molecular formula is C9H12N4O5. The molecule has 0 spiro atoms. The third-order valence-electron chi connectivity index (χ3n) is 2.05. The van der Waals surface area contributed by atoms with Crippen LogP contribution in [0.3, 0.4) is 0 Å². The first-order valence-electron chi connectivity index (χ1n) is 5.05. The lowest BCUT2D eigenvalue weighted by atomic mass is 10.2. The van der Waals surface area contributed by atoms with E-state index in [1.54, 1.807) is 0 Å². The zero-order valence-electron chi connectivity index (χ0n) is 9.31. The van der Waals surface area contributed by atoms with Crippen LogP contribution in [0.25, 0.3) is 0 Å². The number of aliphatic carboxylic acids is 2. The summed E-state index contributed by atoms with van der Waals surface area (Å²) >= 11 is 0. The molecule has 1 rings (SSSR count). The van der Waals surface area contributed by atoms with Gasteiger partial charge >= 0.3 is 11.9 Å². The molecule has 1 unspecified atom stereocenters. The lowest BCUT2D eigenvalue weighted by Gasteiger charge is -2.12. The van der Waals surface area contributed by atoms with Crippen LogP contribution < -0.4 is 5.32 Å². The van der Waals surface area contributed by atoms with Gasteiger partial charge in [0.15, 0.2) is 0 Å². The number of nitrogens with one attached hydrogen (secondary N) is 1. The summed E-state index contributed by atoms with van der Waals surface area (Å²) in [7, 11) is 0. The van der Waals surface area contributed by atoms with Crippen molar-refractivity contribution >= 4 is 17.8 Å². The monoisotopic (exact) mass is 256 g/mol. The Morgan fingerprint density at radius 1 is 1.33 bits per heavy atom. The summed E-state index contributed by atoms with van der Waals surface area (Å²) in [5, 5.41) is 23.1. The van der Waals surface area contributed by atoms with Crippen molar-refractivity contribution in [3.63, 3.8) is 0 Å². The maximum atomic E-state index is 11.4. The minimum Gasteiger partial charge on any atom is -0.481 e. The second-order valence-corrected chi connectivity index (χ2v) is 3.46. The number of hydrogen-bond donors (Lipinski definition) is 3. The quantitative estimate of drug-likeness (QED) is 0.552. The molecule has 0 saturated heterocycles. The summed E-state index contributed by atoms with van der Waals surface area (Å²) in [6, 6.07) is -1.43. The average Bonchev–Trinajstić information content (AvgIpc) is 2.77. The zero-order chi connectivity index (χ0) is 13.5. The van der Waals surface area contributed by atoms with Gasteiger partial charge < -0.3 is 15.5 Å². The third kappa shape index (κ3) is 4.60. The topological polar surface area (TPSA) is 134 Å². The largest absolute Gasteiger partial charge is 0.481 e. The second kappa shape index (κ2) is 6.33. The maximum Gasteiger partial charge on any atom is 0.326 e. The minimum absolute atomic E-state index is 0.00718. The smallest absolute Gasteiger partial charge is 0.326 e. The van der Waals surface area contributed by atoms with E-state index in [4.69, 9.17) is 10.2 Å². The molecule has 18 heavy (non-hydrogen) atoms. The summed E-state index contributed by atoms with van der Waals surface area (Å²) < 4.78 is 1.41. The van der Waals surface area contributed by atoms with E-state index in [0.717, 1.165) is 0 Å². The summed E-state index contributed by atoms with van der Waals surface area (Å²) in [5.41, 5.74) is 0. The van der Waals surface area contributed by atoms with Crippen LogP contribution in [0.2, 0.25) is 0 Å². The van der Waals surface area contributed by atoms with E-state index in [2.05, 4.69) is 15.4 Å². The SMILES string of the molecule is O=C(O)CC(NC(=O)CCn1cncn1)C(=O)O. The molecule has 0 saturated carbocycles. The molecule has 1 atom stereocenters. The van der Waals surface area contributed by atoms with E-state index in [1.807, 2.05) is 0 Å². The van der Waals surface area contributed by atoms with Crippen molar-refractivity contribution in [2.75, 3.05) is 0 Å². The summed E-state index contributed by atoms with van der Waals surface area (Å²) in [6.45, 7) is 0.241. The zero-order valence-corrected chi connectivity index (χ0v) is 9.31. The number of carbonyl (C=O) groups is 3. The van der Waals surface area contributed by atoms with Crippen LogP contribution in [0.15, 0.2) is 12.7 Å². The van der Waals surface area contributed by atoms with E-state index < -0.39 is 30.3 Å². The molecule has 1 aromatic heterocycles. The van der Waals surface area contributed by atoms with Crippen LogP contribution in [-0.2, 0) is 20.9 Å². The first-order valence-corrected chi connectivity index (χ1v) is 5.05. The predicted molar refractivity (Wildman–Crippen MR) is 56.5 cm³/mol. The van der Waals surface area contributed by atoms with Crippen molar-refractivity contribution in [3.05, 3.63) is 12.7 Å². The van der Waals surface area contributed by atoms with Gasteiger partial charge in [-0.05, 0) is 0 Å². The molecule has 1 heterocycles. The third-order valence-corrected chi connectivity index (χ3v) is 2.05. The van der Waals surface area contributed by atoms with Gasteiger partial charge in [-0.1, -0.05) is 0 Å². The first kappa shape index (κ1) is 13.6. The highest BCUT2D eigenvalue weighted by atomic mass is 16.4. The number of carbonyl (C=O) groups excluding carboxylic acids is 1. The Labute approximate surface area is 101 Å². The number of hydrogen-bond acceptors (Lipinski definition) is 5. The van der Waals surface area contributed by atoms with E-state index >= 15 is 0 Å². The number of nitrogens with zero attached hydrogens (tertiary/aromatic N) is 3. The van der Waals surface area contributed by atoms with Crippen LogP contribution in [-0.4, -0.2) is 48.9 Å². The highest BCUT2D eigenvalue weighted by Gasteiger charge is 2.22. The second-order valence-electron chi connectivity index (χ2n) is 3.46. The first-order chi connectivity index (χ1) is 8.49. The molecular weight excluding hydrogens is 244 g/mol. The van der Waals surface area contributed by atoms with Crippen molar-refractivity contribution in [2.24, 2.45) is 0 Å². The molecule has 1 amide bonds. The molecule has 3 N–H and O–H groups in total. The molecule has 9 nitrogen and oxygen atoms in total. The Morgan fingerprint density at radius 3 is 2.56 bits per heavy atom. The molecule has 0 fully saturated rings. The Balaban J connectivity index is 2.41. The van der Waals surface area contributed by atoms with Gasteiger partial charge in [0.2, 0.25) is 5.91 Å². The number of carboxylic acid groups (broad SMARTS) is 2. The number of carboxylic acids is 2. The van der Waals surface area contributed by atoms with Crippen LogP contribution in [0.1, 0.15) is 12.8 Å². The standard InChI is InChI=1S/C9H12N4O5/c14-7(1-2-13-5-10-4-11-13)12-6(9(17)18)3-8(15)16/h4-6H,1-3H2,(H,12,14)(H,15,16)(H,17,18). The molecule has 0 aliphatic heterocycles. The van der Waals surface area contributed by atoms with Gasteiger partial charge in [0.05, 0.1) is 13.0 Å². The average molecular weight is 256 g/mol. The van der Waals surface area contributed by atoms with Gasteiger partial charge in [-0.2, -0.15) is 5.10 Å². The lowest BCUT2D eigenvalue weighted by molar-refractivity contribution is -0.147. The molecule has 1 aromatic rings. The molecule has 0 aliphatic rings. The molecule has 0 radical (unpaired) electrons. The maximum absolute atomic E-state index is 11.4. The van der Waals surface area contributed by atoms with Gasteiger partial charge in [0.25, 0.3) is 0 Å². The molecule has 0 aromatic carbocycles. The van der Waals surface area contributed by atoms with Gasteiger partial charge in [-0.15, -0.1) is 0 Å². The molecule has 0 bridgehead atoms.